The molecule has 2 atom stereocenters. The van der Waals surface area contributed by atoms with Gasteiger partial charge in [0.05, 0.1) is 24.6 Å². The molecule has 2 fully saturated rings. The number of ketones is 2. The van der Waals surface area contributed by atoms with Crippen LogP contribution in [0.4, 0.5) is 17.6 Å². The van der Waals surface area contributed by atoms with E-state index in [1.54, 1.807) is 0 Å². The van der Waals surface area contributed by atoms with Crippen LogP contribution in [0.15, 0.2) is 60.7 Å². The molecule has 6 aromatic rings. The second kappa shape index (κ2) is 15.1. The van der Waals surface area contributed by atoms with Gasteiger partial charge in [0.25, 0.3) is 0 Å². The van der Waals surface area contributed by atoms with Crippen LogP contribution in [0.5, 0.6) is 0 Å². The van der Waals surface area contributed by atoms with E-state index in [1.165, 1.54) is 36.4 Å². The zero-order chi connectivity index (χ0) is 38.5. The Morgan fingerprint density at radius 1 is 0.554 bits per heavy atom. The summed E-state index contributed by atoms with van der Waals surface area (Å²) in [5.74, 6) is -1.60. The minimum absolute atomic E-state index is 0.0886. The molecule has 0 bridgehead atoms. The summed E-state index contributed by atoms with van der Waals surface area (Å²) in [4.78, 5) is 30.9. The molecular weight excluding hydrogens is 724 g/mol. The van der Waals surface area contributed by atoms with Crippen LogP contribution in [0.2, 0.25) is 0 Å². The highest BCUT2D eigenvalue weighted by Gasteiger charge is 2.27. The predicted octanol–water partition coefficient (Wildman–Crippen LogP) is 8.59. The van der Waals surface area contributed by atoms with Gasteiger partial charge in [0.15, 0.2) is 11.6 Å². The Morgan fingerprint density at radius 2 is 1.00 bits per heavy atom. The number of hydrogen-bond donors (Lipinski definition) is 4. The van der Waals surface area contributed by atoms with Crippen LogP contribution in [-0.4, -0.2) is 60.9 Å². The van der Waals surface area contributed by atoms with Crippen LogP contribution in [0, 0.1) is 23.3 Å². The van der Waals surface area contributed by atoms with Gasteiger partial charge >= 0.3 is 0 Å². The molecule has 12 heteroatoms. The van der Waals surface area contributed by atoms with Crippen LogP contribution < -0.4 is 10.6 Å². The number of carbonyl (C=O) groups excluding carboxylic acids is 2. The topological polar surface area (TPSA) is 108 Å². The first-order chi connectivity index (χ1) is 27.2. The number of ether oxygens (including phenoxy) is 2. The van der Waals surface area contributed by atoms with Gasteiger partial charge in [-0.15, -0.1) is 0 Å². The summed E-state index contributed by atoms with van der Waals surface area (Å²) in [7, 11) is 0. The van der Waals surface area contributed by atoms with Crippen molar-refractivity contribution in [2.75, 3.05) is 39.4 Å². The van der Waals surface area contributed by atoms with Gasteiger partial charge < -0.3 is 30.1 Å². The minimum atomic E-state index is -0.483. The molecule has 0 unspecified atom stereocenters. The second-order valence-electron chi connectivity index (χ2n) is 15.1. The summed E-state index contributed by atoms with van der Waals surface area (Å²) < 4.78 is 68.8. The Bertz CT molecular complexity index is 2340. The SMILES string of the molecule is O=C1COCc2c(-c3ccc([C@@H]4CCCNC4)c(F)c3)[nH]c3cc(F)cc1c23.O=C1COCc2c(-c3ccc([C@H]4CCCNC4)c(F)c3)[nH]c3cc(F)cc1c23. The fourth-order valence-corrected chi connectivity index (χ4v) is 8.86. The summed E-state index contributed by atoms with van der Waals surface area (Å²) in [6.07, 6.45) is 4.02. The molecule has 0 spiro atoms. The van der Waals surface area contributed by atoms with E-state index in [9.17, 15) is 27.2 Å². The van der Waals surface area contributed by atoms with Crippen LogP contribution in [0.25, 0.3) is 44.3 Å². The van der Waals surface area contributed by atoms with E-state index in [4.69, 9.17) is 9.47 Å². The maximum atomic E-state index is 14.9. The molecule has 6 heterocycles. The number of piperidine rings is 2. The third-order valence-corrected chi connectivity index (χ3v) is 11.5. The monoisotopic (exact) mass is 764 g/mol. The van der Waals surface area contributed by atoms with Crippen LogP contribution in [-0.2, 0) is 22.7 Å². The van der Waals surface area contributed by atoms with Crippen LogP contribution in [0.3, 0.4) is 0 Å². The van der Waals surface area contributed by atoms with E-state index >= 15 is 0 Å². The standard InChI is InChI=1S/2C22H20F2N2O2/c2*23-14-7-16-20(27)11-28-10-17-21(16)19(8-14)26-22(17)12-3-4-15(18(24)6-12)13-2-1-5-25-9-13/h2*3-4,6-8,13,25-26H,1-2,5,9-11H2/t2*13-/m10/s1. The third-order valence-electron chi connectivity index (χ3n) is 11.5. The van der Waals surface area contributed by atoms with Gasteiger partial charge in [-0.25, -0.2) is 17.6 Å². The Hall–Kier alpha value is -5.14. The first-order valence-electron chi connectivity index (χ1n) is 19.1. The molecule has 8 nitrogen and oxygen atoms in total. The molecule has 4 aromatic carbocycles. The summed E-state index contributed by atoms with van der Waals surface area (Å²) in [6, 6.07) is 15.7. The highest BCUT2D eigenvalue weighted by Crippen LogP contribution is 2.39. The van der Waals surface area contributed by atoms with Gasteiger partial charge in [-0.2, -0.15) is 0 Å². The lowest BCUT2D eigenvalue weighted by molar-refractivity contribution is 0.0738. The molecule has 0 aliphatic carbocycles. The van der Waals surface area contributed by atoms with Gasteiger partial charge in [0.1, 0.15) is 36.5 Å². The van der Waals surface area contributed by atoms with Gasteiger partial charge in [0.2, 0.25) is 0 Å². The Morgan fingerprint density at radius 3 is 1.39 bits per heavy atom. The molecule has 0 radical (unpaired) electrons. The fraction of sp³-hybridized carbons (Fsp3) is 0.318. The van der Waals surface area contributed by atoms with E-state index < -0.39 is 11.6 Å². The third kappa shape index (κ3) is 6.74. The van der Waals surface area contributed by atoms with Crippen molar-refractivity contribution in [2.24, 2.45) is 0 Å². The zero-order valence-corrected chi connectivity index (χ0v) is 30.6. The maximum Gasteiger partial charge on any atom is 0.189 e. The molecule has 4 N–H and O–H groups in total. The average Bonchev–Trinajstić information content (AvgIpc) is 3.64. The lowest BCUT2D eigenvalue weighted by Crippen LogP contribution is -2.28. The molecule has 10 rings (SSSR count). The van der Waals surface area contributed by atoms with Gasteiger partial charge in [-0.05, 0) is 98.1 Å². The Labute approximate surface area is 320 Å². The van der Waals surface area contributed by atoms with Crippen molar-refractivity contribution >= 4 is 33.4 Å². The Balaban J connectivity index is 0.000000146. The number of aromatic nitrogens is 2. The quantitative estimate of drug-likeness (QED) is 0.134. The molecule has 288 valence electrons. The first-order valence-corrected chi connectivity index (χ1v) is 19.1. The summed E-state index contributed by atoms with van der Waals surface area (Å²) in [5, 5.41) is 7.97. The first kappa shape index (κ1) is 36.5. The molecule has 0 saturated carbocycles. The van der Waals surface area contributed by atoms with Crippen molar-refractivity contribution in [2.45, 2.75) is 50.7 Å². The van der Waals surface area contributed by atoms with Crippen molar-refractivity contribution in [3.8, 4) is 22.5 Å². The number of benzene rings is 4. The van der Waals surface area contributed by atoms with Crippen molar-refractivity contribution in [3.05, 3.63) is 117 Å². The smallest absolute Gasteiger partial charge is 0.189 e. The van der Waals surface area contributed by atoms with Gasteiger partial charge in [0, 0.05) is 68.3 Å². The van der Waals surface area contributed by atoms with Gasteiger partial charge in [-0.1, -0.05) is 24.3 Å². The average molecular weight is 765 g/mol. The summed E-state index contributed by atoms with van der Waals surface area (Å²) in [6.45, 7) is 3.78. The predicted molar refractivity (Wildman–Crippen MR) is 205 cm³/mol. The van der Waals surface area contributed by atoms with E-state index in [0.29, 0.717) is 55.4 Å². The van der Waals surface area contributed by atoms with Crippen molar-refractivity contribution in [3.63, 3.8) is 0 Å². The van der Waals surface area contributed by atoms with Crippen molar-refractivity contribution < 1.29 is 36.6 Å². The minimum Gasteiger partial charge on any atom is -0.369 e. The van der Waals surface area contributed by atoms with Crippen molar-refractivity contribution in [1.29, 1.82) is 0 Å². The number of nitrogens with one attached hydrogen (secondary N) is 4. The zero-order valence-electron chi connectivity index (χ0n) is 30.6. The fourth-order valence-electron chi connectivity index (χ4n) is 8.86. The van der Waals surface area contributed by atoms with E-state index in [2.05, 4.69) is 20.6 Å². The summed E-state index contributed by atoms with van der Waals surface area (Å²) >= 11 is 0. The molecule has 2 aromatic heterocycles. The van der Waals surface area contributed by atoms with Crippen LogP contribution in [0.1, 0.15) is 80.5 Å². The second-order valence-corrected chi connectivity index (χ2v) is 15.1. The number of halogens is 4. The normalized spacial score (nSPS) is 19.8. The molecular formula is C44H40F4N4O4. The number of carbonyl (C=O) groups is 2. The molecule has 4 aliphatic heterocycles. The van der Waals surface area contributed by atoms with Crippen molar-refractivity contribution in [1.82, 2.24) is 20.6 Å². The number of Topliss-reactive ketones (excluding diaryl/α,β-unsaturated/α-hetero) is 2. The molecule has 2 saturated heterocycles. The number of aromatic amines is 2. The number of H-pyrrole nitrogens is 2. The highest BCUT2D eigenvalue weighted by atomic mass is 19.1. The molecule has 4 aliphatic rings. The number of hydrogen-bond acceptors (Lipinski definition) is 6. The summed E-state index contributed by atoms with van der Waals surface area (Å²) in [5.41, 5.74) is 7.33. The molecule has 0 amide bonds. The van der Waals surface area contributed by atoms with E-state index in [-0.39, 0.29) is 61.5 Å². The van der Waals surface area contributed by atoms with Crippen LogP contribution >= 0.6 is 0 Å². The van der Waals surface area contributed by atoms with E-state index in [1.807, 2.05) is 24.3 Å². The lowest BCUT2D eigenvalue weighted by Gasteiger charge is -2.23. The molecule has 56 heavy (non-hydrogen) atoms. The lowest BCUT2D eigenvalue weighted by atomic mass is 9.90. The largest absolute Gasteiger partial charge is 0.369 e. The van der Waals surface area contributed by atoms with E-state index in [0.717, 1.165) is 74.1 Å². The maximum absolute atomic E-state index is 14.9. The highest BCUT2D eigenvalue weighted by molar-refractivity contribution is 6.12. The number of rotatable bonds is 4. The Kier molecular flexibility index (Phi) is 9.82. The van der Waals surface area contributed by atoms with Gasteiger partial charge in [-0.3, -0.25) is 9.59 Å².